The van der Waals surface area contributed by atoms with E-state index < -0.39 is 0 Å². The normalized spacial score (nSPS) is 19.8. The van der Waals surface area contributed by atoms with Crippen LogP contribution in [0.3, 0.4) is 0 Å². The molecule has 0 unspecified atom stereocenters. The second kappa shape index (κ2) is 7.04. The van der Waals surface area contributed by atoms with Gasteiger partial charge in [0.2, 0.25) is 11.8 Å². The number of likely N-dealkylation sites (tertiary alicyclic amines) is 1. The van der Waals surface area contributed by atoms with Crippen LogP contribution in [-0.4, -0.2) is 53.4 Å². The Bertz CT molecular complexity index is 666. The van der Waals surface area contributed by atoms with Gasteiger partial charge in [0, 0.05) is 57.9 Å². The van der Waals surface area contributed by atoms with Crippen molar-refractivity contribution in [2.75, 3.05) is 26.2 Å². The number of carbonyl (C=O) groups excluding carboxylic acids is 2. The molecular weight excluding hydrogens is 318 g/mol. The highest BCUT2D eigenvalue weighted by atomic mass is 16.5. The van der Waals surface area contributed by atoms with Gasteiger partial charge < -0.3 is 20.3 Å². The maximum absolute atomic E-state index is 12.1. The number of nitrogens with zero attached hydrogens (tertiary/aromatic N) is 2. The van der Waals surface area contributed by atoms with Crippen LogP contribution in [0.1, 0.15) is 37.3 Å². The molecule has 6 heteroatoms. The van der Waals surface area contributed by atoms with Crippen LogP contribution < -0.4 is 10.5 Å². The van der Waals surface area contributed by atoms with Gasteiger partial charge in [0.1, 0.15) is 11.4 Å². The summed E-state index contributed by atoms with van der Waals surface area (Å²) in [5, 5.41) is 0. The van der Waals surface area contributed by atoms with Gasteiger partial charge in [-0.05, 0) is 13.0 Å². The van der Waals surface area contributed by atoms with Crippen molar-refractivity contribution < 1.29 is 14.3 Å². The molecule has 0 atom stereocenters. The largest absolute Gasteiger partial charge is 0.485 e. The predicted molar refractivity (Wildman–Crippen MR) is 95.1 cm³/mol. The minimum Gasteiger partial charge on any atom is -0.485 e. The highest BCUT2D eigenvalue weighted by Gasteiger charge is 2.41. The van der Waals surface area contributed by atoms with E-state index in [0.717, 1.165) is 37.2 Å². The summed E-state index contributed by atoms with van der Waals surface area (Å²) < 4.78 is 6.48. The summed E-state index contributed by atoms with van der Waals surface area (Å²) in [7, 11) is 0. The zero-order valence-electron chi connectivity index (χ0n) is 15.1. The first-order chi connectivity index (χ1) is 11.9. The molecule has 0 aliphatic carbocycles. The van der Waals surface area contributed by atoms with Gasteiger partial charge in [0.25, 0.3) is 0 Å². The smallest absolute Gasteiger partial charge is 0.219 e. The SMILES string of the molecule is CC(=O)N1Cc2cc(C)ccc2OC2(CCN(CCC(N)=O)CC2)C1. The number of hydrogen-bond donors (Lipinski definition) is 1. The van der Waals surface area contributed by atoms with E-state index in [2.05, 4.69) is 24.0 Å². The summed E-state index contributed by atoms with van der Waals surface area (Å²) >= 11 is 0. The summed E-state index contributed by atoms with van der Waals surface area (Å²) in [5.74, 6) is 0.700. The first-order valence-corrected chi connectivity index (χ1v) is 8.92. The van der Waals surface area contributed by atoms with Crippen molar-refractivity contribution in [2.45, 2.75) is 45.3 Å². The first-order valence-electron chi connectivity index (χ1n) is 8.92. The molecule has 2 aliphatic rings. The van der Waals surface area contributed by atoms with Crippen LogP contribution in [0.2, 0.25) is 0 Å². The molecule has 1 saturated heterocycles. The molecule has 1 aromatic carbocycles. The fourth-order valence-electron chi connectivity index (χ4n) is 3.74. The number of primary amides is 1. The molecule has 2 heterocycles. The van der Waals surface area contributed by atoms with Crippen molar-refractivity contribution in [2.24, 2.45) is 5.73 Å². The Hall–Kier alpha value is -2.08. The average molecular weight is 345 g/mol. The third kappa shape index (κ3) is 4.12. The van der Waals surface area contributed by atoms with Crippen LogP contribution in [0.15, 0.2) is 18.2 Å². The van der Waals surface area contributed by atoms with E-state index in [1.807, 2.05) is 11.0 Å². The predicted octanol–water partition coefficient (Wildman–Crippen LogP) is 1.45. The third-order valence-electron chi connectivity index (χ3n) is 5.27. The Morgan fingerprint density at radius 3 is 2.64 bits per heavy atom. The van der Waals surface area contributed by atoms with Crippen molar-refractivity contribution >= 4 is 11.8 Å². The Morgan fingerprint density at radius 2 is 2.00 bits per heavy atom. The molecule has 0 radical (unpaired) electrons. The lowest BCUT2D eigenvalue weighted by atomic mass is 9.90. The van der Waals surface area contributed by atoms with Crippen LogP contribution in [0.25, 0.3) is 0 Å². The van der Waals surface area contributed by atoms with Gasteiger partial charge in [-0.3, -0.25) is 9.59 Å². The number of amides is 2. The summed E-state index contributed by atoms with van der Waals surface area (Å²) in [5.41, 5.74) is 7.14. The quantitative estimate of drug-likeness (QED) is 0.899. The molecule has 3 rings (SSSR count). The standard InChI is InChI=1S/C19H27N3O3/c1-14-3-4-17-16(11-14)12-22(15(2)23)13-19(25-17)6-9-21(10-7-19)8-5-18(20)24/h3-4,11H,5-10,12-13H2,1-2H3,(H2,20,24). The van der Waals surface area contributed by atoms with E-state index in [0.29, 0.717) is 26.1 Å². The van der Waals surface area contributed by atoms with Crippen molar-refractivity contribution in [1.29, 1.82) is 0 Å². The third-order valence-corrected chi connectivity index (χ3v) is 5.27. The number of carbonyl (C=O) groups is 2. The van der Waals surface area contributed by atoms with E-state index in [9.17, 15) is 9.59 Å². The molecule has 6 nitrogen and oxygen atoms in total. The molecular formula is C19H27N3O3. The van der Waals surface area contributed by atoms with E-state index in [1.54, 1.807) is 6.92 Å². The van der Waals surface area contributed by atoms with Gasteiger partial charge in [0.15, 0.2) is 0 Å². The fourth-order valence-corrected chi connectivity index (χ4v) is 3.74. The van der Waals surface area contributed by atoms with Gasteiger partial charge in [-0.25, -0.2) is 0 Å². The molecule has 25 heavy (non-hydrogen) atoms. The molecule has 1 spiro atoms. The van der Waals surface area contributed by atoms with Crippen LogP contribution in [0, 0.1) is 6.92 Å². The van der Waals surface area contributed by atoms with E-state index in [-0.39, 0.29) is 17.4 Å². The highest BCUT2D eigenvalue weighted by molar-refractivity contribution is 5.74. The number of ether oxygens (including phenoxy) is 1. The highest BCUT2D eigenvalue weighted by Crippen LogP contribution is 2.36. The molecule has 1 aromatic rings. The summed E-state index contributed by atoms with van der Waals surface area (Å²) in [6.07, 6.45) is 2.06. The average Bonchev–Trinajstić information content (AvgIpc) is 2.71. The second-order valence-corrected chi connectivity index (χ2v) is 7.33. The Balaban J connectivity index is 1.78. The topological polar surface area (TPSA) is 75.9 Å². The van der Waals surface area contributed by atoms with Gasteiger partial charge in [0.05, 0.1) is 6.54 Å². The summed E-state index contributed by atoms with van der Waals surface area (Å²) in [6.45, 7) is 7.27. The Kier molecular flexibility index (Phi) is 4.99. The van der Waals surface area contributed by atoms with Gasteiger partial charge in [-0.2, -0.15) is 0 Å². The van der Waals surface area contributed by atoms with E-state index in [1.165, 1.54) is 5.56 Å². The van der Waals surface area contributed by atoms with Crippen LogP contribution >= 0.6 is 0 Å². The van der Waals surface area contributed by atoms with Gasteiger partial charge in [-0.15, -0.1) is 0 Å². The summed E-state index contributed by atoms with van der Waals surface area (Å²) in [4.78, 5) is 27.3. The number of fused-ring (bicyclic) bond motifs is 1. The monoisotopic (exact) mass is 345 g/mol. The fraction of sp³-hybridized carbons (Fsp3) is 0.579. The second-order valence-electron chi connectivity index (χ2n) is 7.33. The van der Waals surface area contributed by atoms with Crippen molar-refractivity contribution in [3.05, 3.63) is 29.3 Å². The number of piperidine rings is 1. The molecule has 2 aliphatic heterocycles. The number of aryl methyl sites for hydroxylation is 1. The van der Waals surface area contributed by atoms with E-state index in [4.69, 9.17) is 10.5 Å². The number of benzene rings is 1. The van der Waals surface area contributed by atoms with Crippen LogP contribution in [0.5, 0.6) is 5.75 Å². The molecule has 0 saturated carbocycles. The zero-order valence-corrected chi connectivity index (χ0v) is 15.1. The summed E-state index contributed by atoms with van der Waals surface area (Å²) in [6, 6.07) is 6.18. The van der Waals surface area contributed by atoms with Gasteiger partial charge >= 0.3 is 0 Å². The lowest BCUT2D eigenvalue weighted by molar-refractivity contribution is -0.133. The molecule has 1 fully saturated rings. The van der Waals surface area contributed by atoms with Crippen LogP contribution in [0.4, 0.5) is 0 Å². The molecule has 2 amide bonds. The van der Waals surface area contributed by atoms with E-state index >= 15 is 0 Å². The molecule has 0 aromatic heterocycles. The van der Waals surface area contributed by atoms with Crippen molar-refractivity contribution in [1.82, 2.24) is 9.80 Å². The molecule has 136 valence electrons. The minimum atomic E-state index is -0.352. The first kappa shape index (κ1) is 17.7. The van der Waals surface area contributed by atoms with Crippen molar-refractivity contribution in [3.63, 3.8) is 0 Å². The van der Waals surface area contributed by atoms with Crippen LogP contribution in [-0.2, 0) is 16.1 Å². The van der Waals surface area contributed by atoms with Crippen molar-refractivity contribution in [3.8, 4) is 5.75 Å². The number of hydrogen-bond acceptors (Lipinski definition) is 4. The maximum atomic E-state index is 12.1. The minimum absolute atomic E-state index is 0.0773. The number of nitrogens with two attached hydrogens (primary N) is 1. The number of rotatable bonds is 3. The lowest BCUT2D eigenvalue weighted by Crippen LogP contribution is -2.54. The molecule has 0 bridgehead atoms. The zero-order chi connectivity index (χ0) is 18.0. The lowest BCUT2D eigenvalue weighted by Gasteiger charge is -2.42. The Morgan fingerprint density at radius 1 is 1.28 bits per heavy atom. The Labute approximate surface area is 148 Å². The maximum Gasteiger partial charge on any atom is 0.219 e. The van der Waals surface area contributed by atoms with Gasteiger partial charge in [-0.1, -0.05) is 17.7 Å². The molecule has 2 N–H and O–H groups in total.